The summed E-state index contributed by atoms with van der Waals surface area (Å²) in [5.41, 5.74) is 5.97. The van der Waals surface area contributed by atoms with Gasteiger partial charge in [0.05, 0.1) is 24.7 Å². The summed E-state index contributed by atoms with van der Waals surface area (Å²) >= 11 is 0. The van der Waals surface area contributed by atoms with Crippen LogP contribution in [0.15, 0.2) is 4.99 Å². The van der Waals surface area contributed by atoms with Crippen molar-refractivity contribution in [2.75, 3.05) is 45.1 Å². The van der Waals surface area contributed by atoms with Crippen LogP contribution in [0.25, 0.3) is 0 Å². The van der Waals surface area contributed by atoms with E-state index >= 15 is 4.39 Å². The molecule has 0 radical (unpaired) electrons. The van der Waals surface area contributed by atoms with Crippen LogP contribution in [0.2, 0.25) is 0 Å². The third-order valence-corrected chi connectivity index (χ3v) is 6.26. The van der Waals surface area contributed by atoms with E-state index in [9.17, 15) is 14.0 Å². The van der Waals surface area contributed by atoms with Crippen LogP contribution in [0.1, 0.15) is 10.4 Å². The van der Waals surface area contributed by atoms with Crippen molar-refractivity contribution >= 4 is 29.9 Å². The number of halogens is 2. The van der Waals surface area contributed by atoms with Crippen LogP contribution >= 0.6 is 0 Å². The predicted molar refractivity (Wildman–Crippen MR) is 106 cm³/mol. The maximum absolute atomic E-state index is 15.0. The molecule has 5 heterocycles. The highest BCUT2D eigenvalue weighted by Gasteiger charge is 2.45. The molecule has 0 bridgehead atoms. The Hall–Kier alpha value is -2.80. The molecule has 0 saturated carbocycles. The minimum atomic E-state index is -1.30. The normalized spacial score (nSPS) is 33.0. The van der Waals surface area contributed by atoms with E-state index in [0.717, 1.165) is 6.21 Å². The number of nitrogen functional groups attached to an aromatic ring is 1. The molecule has 0 spiro atoms. The summed E-state index contributed by atoms with van der Waals surface area (Å²) in [6, 6.07) is -1.24. The number of hydrogen-bond donors (Lipinski definition) is 3. The number of nitrogens with zero attached hydrogens (tertiary/aromatic N) is 5. The number of carbonyl (C=O) groups excluding carboxylic acids is 2. The van der Waals surface area contributed by atoms with Crippen LogP contribution in [-0.2, 0) is 11.3 Å². The number of anilines is 1. The van der Waals surface area contributed by atoms with E-state index in [1.807, 2.05) is 4.90 Å². The molecule has 11 nitrogen and oxygen atoms in total. The summed E-state index contributed by atoms with van der Waals surface area (Å²) in [6.45, 7) is 2.15. The van der Waals surface area contributed by atoms with Crippen LogP contribution in [0, 0.1) is 0 Å². The van der Waals surface area contributed by atoms with Crippen LogP contribution in [-0.4, -0.2) is 108 Å². The molecule has 13 heteroatoms. The number of aliphatic imine (C=N–C) groups is 1. The van der Waals surface area contributed by atoms with Gasteiger partial charge in [-0.2, -0.15) is 5.10 Å². The summed E-state index contributed by atoms with van der Waals surface area (Å²) in [5, 5.41) is 9.89. The Balaban J connectivity index is 1.34. The molecule has 3 fully saturated rings. The van der Waals surface area contributed by atoms with Crippen LogP contribution in [0.3, 0.4) is 0 Å². The van der Waals surface area contributed by atoms with E-state index in [-0.39, 0.29) is 49.0 Å². The molecule has 4 N–H and O–H groups in total. The second kappa shape index (κ2) is 7.71. The zero-order valence-corrected chi connectivity index (χ0v) is 16.7. The third kappa shape index (κ3) is 3.51. The Morgan fingerprint density at radius 2 is 2.13 bits per heavy atom. The lowest BCUT2D eigenvalue weighted by Gasteiger charge is -2.46. The van der Waals surface area contributed by atoms with Gasteiger partial charge in [0.25, 0.3) is 5.91 Å². The Morgan fingerprint density at radius 3 is 2.97 bits per heavy atom. The lowest BCUT2D eigenvalue weighted by Crippen LogP contribution is -2.68. The van der Waals surface area contributed by atoms with Gasteiger partial charge in [-0.25, -0.2) is 23.2 Å². The first-order valence-corrected chi connectivity index (χ1v) is 10.3. The number of piperazine rings is 1. The van der Waals surface area contributed by atoms with Crippen molar-refractivity contribution in [3.63, 3.8) is 0 Å². The molecular weight excluding hydrogens is 414 g/mol. The molecule has 3 saturated heterocycles. The molecule has 4 aliphatic rings. The number of nitrogens with one attached hydrogen (secondary N) is 2. The summed E-state index contributed by atoms with van der Waals surface area (Å²) in [7, 11) is 0. The summed E-state index contributed by atoms with van der Waals surface area (Å²) < 4.78 is 34.9. The summed E-state index contributed by atoms with van der Waals surface area (Å²) in [4.78, 5) is 32.4. The maximum Gasteiger partial charge on any atom is 0.410 e. The number of alkyl halides is 2. The van der Waals surface area contributed by atoms with Crippen molar-refractivity contribution in [3.05, 3.63) is 5.56 Å². The van der Waals surface area contributed by atoms with Crippen molar-refractivity contribution in [1.29, 1.82) is 0 Å². The highest BCUT2D eigenvalue weighted by atomic mass is 19.1. The topological polar surface area (TPSA) is 130 Å². The molecule has 0 aliphatic carbocycles. The first-order valence-electron chi connectivity index (χ1n) is 10.3. The lowest BCUT2D eigenvalue weighted by atomic mass is 9.95. The largest absolute Gasteiger partial charge is 0.447 e. The Labute approximate surface area is 176 Å². The van der Waals surface area contributed by atoms with Crippen molar-refractivity contribution in [3.8, 4) is 0 Å². The van der Waals surface area contributed by atoms with Crippen molar-refractivity contribution in [2.24, 2.45) is 4.99 Å². The minimum absolute atomic E-state index is 0.0499. The number of cyclic esters (lactones) is 1. The van der Waals surface area contributed by atoms with E-state index in [1.54, 1.807) is 4.90 Å². The quantitative estimate of drug-likeness (QED) is 0.556. The van der Waals surface area contributed by atoms with Gasteiger partial charge in [-0.05, 0) is 0 Å². The van der Waals surface area contributed by atoms with Gasteiger partial charge in [0, 0.05) is 38.9 Å². The number of nitrogens with two attached hydrogens (primary N) is 1. The highest BCUT2D eigenvalue weighted by molar-refractivity contribution is 6.03. The number of aromatic nitrogens is 2. The predicted octanol–water partition coefficient (Wildman–Crippen LogP) is -0.936. The van der Waals surface area contributed by atoms with Gasteiger partial charge in [-0.3, -0.25) is 14.6 Å². The van der Waals surface area contributed by atoms with Crippen LogP contribution < -0.4 is 16.4 Å². The van der Waals surface area contributed by atoms with E-state index < -0.39 is 30.3 Å². The van der Waals surface area contributed by atoms with Crippen molar-refractivity contribution < 1.29 is 23.1 Å². The van der Waals surface area contributed by atoms with Crippen LogP contribution in [0.4, 0.5) is 25.2 Å². The van der Waals surface area contributed by atoms with Gasteiger partial charge in [0.2, 0.25) is 0 Å². The molecular formula is C18H24F2N8O3. The Morgan fingerprint density at radius 1 is 1.29 bits per heavy atom. The monoisotopic (exact) mass is 438 g/mol. The van der Waals surface area contributed by atoms with Gasteiger partial charge in [-0.15, -0.1) is 0 Å². The van der Waals surface area contributed by atoms with E-state index in [1.165, 1.54) is 4.68 Å². The first kappa shape index (κ1) is 20.1. The molecule has 5 rings (SSSR count). The van der Waals surface area contributed by atoms with Gasteiger partial charge in [0.15, 0.2) is 17.8 Å². The average Bonchev–Trinajstić information content (AvgIpc) is 3.26. The number of piperidine rings is 1. The average molecular weight is 438 g/mol. The fraction of sp³-hybridized carbons (Fsp3) is 0.667. The number of carbonyl (C=O) groups is 2. The molecule has 1 aromatic rings. The summed E-state index contributed by atoms with van der Waals surface area (Å²) in [6.07, 6.45) is -1.74. The Bertz CT molecular complexity index is 924. The van der Waals surface area contributed by atoms with Crippen LogP contribution in [0.5, 0.6) is 0 Å². The third-order valence-electron chi connectivity index (χ3n) is 6.26. The highest BCUT2D eigenvalue weighted by Crippen LogP contribution is 2.29. The van der Waals surface area contributed by atoms with Gasteiger partial charge in [0.1, 0.15) is 18.3 Å². The second-order valence-electron chi connectivity index (χ2n) is 8.22. The van der Waals surface area contributed by atoms with E-state index in [4.69, 9.17) is 10.5 Å². The smallest absolute Gasteiger partial charge is 0.410 e. The second-order valence-corrected chi connectivity index (χ2v) is 8.22. The molecule has 168 valence electrons. The SMILES string of the molecule is Nc1nn2c(c1C(=O)NC1CNCC(F)C1N1CCN3C(=O)OC[C@@H]3C1)N=CC(F)C2. The zero-order valence-electron chi connectivity index (χ0n) is 16.7. The number of rotatable bonds is 3. The minimum Gasteiger partial charge on any atom is -0.447 e. The molecule has 5 atom stereocenters. The van der Waals surface area contributed by atoms with E-state index in [0.29, 0.717) is 26.2 Å². The first-order chi connectivity index (χ1) is 14.9. The number of hydrogen-bond acceptors (Lipinski definition) is 8. The van der Waals surface area contributed by atoms with E-state index in [2.05, 4.69) is 20.7 Å². The summed E-state index contributed by atoms with van der Waals surface area (Å²) in [5.74, 6) is -0.389. The fourth-order valence-electron chi connectivity index (χ4n) is 4.83. The van der Waals surface area contributed by atoms with Gasteiger partial charge in [-0.1, -0.05) is 0 Å². The lowest BCUT2D eigenvalue weighted by molar-refractivity contribution is 0.0184. The molecule has 4 aliphatic heterocycles. The molecule has 31 heavy (non-hydrogen) atoms. The molecule has 4 unspecified atom stereocenters. The standard InChI is InChI=1S/C18H24F2N8O3/c19-9-3-23-16-13(15(21)25-28(16)6-9)17(29)24-12-5-22-4-11(20)14(12)26-1-2-27-10(7-26)8-31-18(27)30/h3,9-12,14,22H,1-2,4-8H2,(H2,21,25)(H,24,29)/t9?,10-,11?,12?,14?/m0/s1. The Kier molecular flexibility index (Phi) is 5.01. The maximum atomic E-state index is 15.0. The number of fused-ring (bicyclic) bond motifs is 2. The number of ether oxygens (including phenoxy) is 1. The number of amides is 2. The fourth-order valence-corrected chi connectivity index (χ4v) is 4.83. The molecule has 1 aromatic heterocycles. The van der Waals surface area contributed by atoms with Gasteiger partial charge >= 0.3 is 6.09 Å². The van der Waals surface area contributed by atoms with Crippen molar-refractivity contribution in [2.45, 2.75) is 37.0 Å². The van der Waals surface area contributed by atoms with Gasteiger partial charge < -0.3 is 21.1 Å². The van der Waals surface area contributed by atoms with Crippen molar-refractivity contribution in [1.82, 2.24) is 30.2 Å². The molecule has 0 aromatic carbocycles. The molecule has 2 amide bonds. The zero-order chi connectivity index (χ0) is 21.7.